The molecular weight excluding hydrogens is 391 g/mol. The molecular formula is C18H24F3N5O3. The number of aromatic nitrogens is 2. The van der Waals surface area contributed by atoms with Crippen LogP contribution < -0.4 is 5.73 Å². The Morgan fingerprint density at radius 2 is 2.00 bits per heavy atom. The van der Waals surface area contributed by atoms with Gasteiger partial charge in [-0.05, 0) is 6.08 Å². The summed E-state index contributed by atoms with van der Waals surface area (Å²) in [6, 6.07) is -0.694. The van der Waals surface area contributed by atoms with Crippen molar-refractivity contribution in [1.82, 2.24) is 19.8 Å². The summed E-state index contributed by atoms with van der Waals surface area (Å²) in [4.78, 5) is 34.2. The van der Waals surface area contributed by atoms with E-state index < -0.39 is 36.3 Å². The van der Waals surface area contributed by atoms with Crippen molar-refractivity contribution >= 4 is 17.9 Å². The average molecular weight is 415 g/mol. The van der Waals surface area contributed by atoms with Crippen LogP contribution in [-0.4, -0.2) is 62.9 Å². The summed E-state index contributed by atoms with van der Waals surface area (Å²) in [7, 11) is 1.45. The van der Waals surface area contributed by atoms with Gasteiger partial charge >= 0.3 is 6.18 Å². The minimum absolute atomic E-state index is 0.0527. The first kappa shape index (κ1) is 22.8. The molecule has 2 heterocycles. The highest BCUT2D eigenvalue weighted by atomic mass is 19.4. The summed E-state index contributed by atoms with van der Waals surface area (Å²) >= 11 is 0. The largest absolute Gasteiger partial charge is 0.434 e. The minimum Gasteiger partial charge on any atom is -0.387 e. The van der Waals surface area contributed by atoms with E-state index in [9.17, 15) is 22.8 Å². The number of nitrogens with two attached hydrogens (primary N) is 1. The fourth-order valence-corrected chi connectivity index (χ4v) is 2.84. The molecule has 0 fully saturated rings. The van der Waals surface area contributed by atoms with Crippen LogP contribution in [0.2, 0.25) is 0 Å². The first-order valence-electron chi connectivity index (χ1n) is 9.00. The lowest BCUT2D eigenvalue weighted by Crippen LogP contribution is -2.43. The molecule has 0 aliphatic carbocycles. The zero-order valence-electron chi connectivity index (χ0n) is 16.4. The number of nitrogens with zero attached hydrogens (tertiary/aromatic N) is 4. The Morgan fingerprint density at radius 1 is 1.34 bits per heavy atom. The van der Waals surface area contributed by atoms with Crippen LogP contribution in [0.15, 0.2) is 6.20 Å². The Kier molecular flexibility index (Phi) is 6.96. The first-order valence-corrected chi connectivity index (χ1v) is 9.00. The number of aliphatic hydroxyl groups excluding tert-OH is 1. The van der Waals surface area contributed by atoms with Crippen molar-refractivity contribution in [2.45, 2.75) is 44.9 Å². The van der Waals surface area contributed by atoms with Crippen LogP contribution >= 0.6 is 0 Å². The van der Waals surface area contributed by atoms with Crippen LogP contribution in [0.1, 0.15) is 49.0 Å². The van der Waals surface area contributed by atoms with Gasteiger partial charge in [-0.3, -0.25) is 9.59 Å². The van der Waals surface area contributed by atoms with E-state index in [2.05, 4.69) is 9.97 Å². The lowest BCUT2D eigenvalue weighted by Gasteiger charge is -2.27. The third-order valence-electron chi connectivity index (χ3n) is 4.39. The predicted octanol–water partition coefficient (Wildman–Crippen LogP) is 1.10. The molecule has 1 aromatic rings. The monoisotopic (exact) mass is 415 g/mol. The van der Waals surface area contributed by atoms with Gasteiger partial charge in [0.2, 0.25) is 11.8 Å². The molecule has 3 N–H and O–H groups in total. The zero-order valence-corrected chi connectivity index (χ0v) is 16.4. The van der Waals surface area contributed by atoms with Gasteiger partial charge in [-0.1, -0.05) is 13.8 Å². The first-order chi connectivity index (χ1) is 13.4. The molecule has 1 aliphatic heterocycles. The summed E-state index contributed by atoms with van der Waals surface area (Å²) in [6.07, 6.45) is -2.33. The molecule has 160 valence electrons. The normalized spacial score (nSPS) is 14.7. The predicted molar refractivity (Wildman–Crippen MR) is 98.0 cm³/mol. The van der Waals surface area contributed by atoms with Gasteiger partial charge in [0.15, 0.2) is 5.69 Å². The van der Waals surface area contributed by atoms with Gasteiger partial charge in [0.25, 0.3) is 0 Å². The molecule has 11 heteroatoms. The van der Waals surface area contributed by atoms with Gasteiger partial charge in [-0.15, -0.1) is 0 Å². The standard InChI is InChI=1S/C18H24F3N5O3/c1-10(2)17-23-13-8-26(5-4-12(13)16(24-17)18(19,20)21)14(28)6-11(22)7-25(3)15(29)9-27/h4-5,10-11,27H,6-9,22H2,1-3H3/t11-/m0/s1. The van der Waals surface area contributed by atoms with E-state index >= 15 is 0 Å². The Balaban J connectivity index is 2.18. The number of aliphatic hydroxyl groups is 1. The van der Waals surface area contributed by atoms with E-state index in [1.54, 1.807) is 13.8 Å². The number of rotatable bonds is 6. The molecule has 0 aromatic carbocycles. The molecule has 1 aliphatic rings. The van der Waals surface area contributed by atoms with E-state index in [1.807, 2.05) is 0 Å². The summed E-state index contributed by atoms with van der Waals surface area (Å²) in [5, 5.41) is 8.83. The number of halogens is 3. The summed E-state index contributed by atoms with van der Waals surface area (Å²) in [5.41, 5.74) is 4.84. The zero-order chi connectivity index (χ0) is 21.9. The molecule has 2 amide bonds. The van der Waals surface area contributed by atoms with Crippen LogP contribution in [0.3, 0.4) is 0 Å². The smallest absolute Gasteiger partial charge is 0.387 e. The summed E-state index contributed by atoms with van der Waals surface area (Å²) < 4.78 is 40.2. The number of carbonyl (C=O) groups excluding carboxylic acids is 2. The highest BCUT2D eigenvalue weighted by Gasteiger charge is 2.38. The number of amides is 2. The van der Waals surface area contributed by atoms with Crippen molar-refractivity contribution in [3.8, 4) is 0 Å². The SMILES string of the molecule is CC(C)c1nc2c(c(C(F)(F)F)n1)C=CN(C(=O)C[C@H](N)CN(C)C(=O)CO)C2. The van der Waals surface area contributed by atoms with Crippen molar-refractivity contribution in [2.75, 3.05) is 20.2 Å². The quantitative estimate of drug-likeness (QED) is 0.720. The molecule has 29 heavy (non-hydrogen) atoms. The molecule has 0 unspecified atom stereocenters. The summed E-state index contributed by atoms with van der Waals surface area (Å²) in [6.45, 7) is 2.63. The molecule has 1 atom stereocenters. The minimum atomic E-state index is -4.64. The van der Waals surface area contributed by atoms with Crippen molar-refractivity contribution in [2.24, 2.45) is 5.73 Å². The number of likely N-dealkylation sites (N-methyl/N-ethyl adjacent to an activating group) is 1. The van der Waals surface area contributed by atoms with Gasteiger partial charge in [0.1, 0.15) is 12.4 Å². The van der Waals surface area contributed by atoms with Crippen LogP contribution in [0.5, 0.6) is 0 Å². The second kappa shape index (κ2) is 8.87. The van der Waals surface area contributed by atoms with Crippen molar-refractivity contribution in [1.29, 1.82) is 0 Å². The third-order valence-corrected chi connectivity index (χ3v) is 4.39. The van der Waals surface area contributed by atoms with Crippen LogP contribution in [0, 0.1) is 0 Å². The molecule has 0 spiro atoms. The Bertz CT molecular complexity index is 811. The number of hydrogen-bond acceptors (Lipinski definition) is 6. The Labute approximate surface area is 166 Å². The van der Waals surface area contributed by atoms with Crippen molar-refractivity contribution in [3.05, 3.63) is 29.0 Å². The highest BCUT2D eigenvalue weighted by molar-refractivity contribution is 5.80. The van der Waals surface area contributed by atoms with Gasteiger partial charge < -0.3 is 20.6 Å². The molecule has 8 nitrogen and oxygen atoms in total. The lowest BCUT2D eigenvalue weighted by atomic mass is 10.0. The molecule has 0 radical (unpaired) electrons. The summed E-state index contributed by atoms with van der Waals surface area (Å²) in [5.74, 6) is -1.20. The average Bonchev–Trinajstić information content (AvgIpc) is 2.64. The maximum Gasteiger partial charge on any atom is 0.434 e. The van der Waals surface area contributed by atoms with Crippen LogP contribution in [0.4, 0.5) is 13.2 Å². The maximum absolute atomic E-state index is 13.4. The third kappa shape index (κ3) is 5.51. The van der Waals surface area contributed by atoms with Gasteiger partial charge in [0.05, 0.1) is 12.2 Å². The van der Waals surface area contributed by atoms with E-state index in [0.29, 0.717) is 0 Å². The Hall–Kier alpha value is -2.53. The maximum atomic E-state index is 13.4. The number of hydrogen-bond donors (Lipinski definition) is 2. The van der Waals surface area contributed by atoms with Gasteiger partial charge in [0, 0.05) is 43.7 Å². The number of alkyl halides is 3. The van der Waals surface area contributed by atoms with Crippen molar-refractivity contribution in [3.63, 3.8) is 0 Å². The molecule has 0 saturated heterocycles. The van der Waals surface area contributed by atoms with Gasteiger partial charge in [-0.25, -0.2) is 9.97 Å². The Morgan fingerprint density at radius 3 is 2.55 bits per heavy atom. The molecule has 2 rings (SSSR count). The van der Waals surface area contributed by atoms with E-state index in [-0.39, 0.29) is 42.5 Å². The van der Waals surface area contributed by atoms with Gasteiger partial charge in [-0.2, -0.15) is 13.2 Å². The van der Waals surface area contributed by atoms with E-state index in [4.69, 9.17) is 10.8 Å². The number of carbonyl (C=O) groups is 2. The van der Waals surface area contributed by atoms with E-state index in [1.165, 1.54) is 29.1 Å². The topological polar surface area (TPSA) is 113 Å². The molecule has 0 bridgehead atoms. The fourth-order valence-electron chi connectivity index (χ4n) is 2.84. The second-order valence-electron chi connectivity index (χ2n) is 7.18. The molecule has 1 aromatic heterocycles. The highest BCUT2D eigenvalue weighted by Crippen LogP contribution is 2.35. The second-order valence-corrected chi connectivity index (χ2v) is 7.18. The van der Waals surface area contributed by atoms with Crippen molar-refractivity contribution < 1.29 is 27.9 Å². The fraction of sp³-hybridized carbons (Fsp3) is 0.556. The lowest BCUT2D eigenvalue weighted by molar-refractivity contribution is -0.141. The van der Waals surface area contributed by atoms with Crippen LogP contribution in [-0.2, 0) is 22.3 Å². The van der Waals surface area contributed by atoms with E-state index in [0.717, 1.165) is 0 Å². The number of fused-ring (bicyclic) bond motifs is 1. The molecule has 0 saturated carbocycles. The van der Waals surface area contributed by atoms with Crippen LogP contribution in [0.25, 0.3) is 6.08 Å².